The van der Waals surface area contributed by atoms with Gasteiger partial charge >= 0.3 is 5.97 Å². The maximum Gasteiger partial charge on any atom is 0.335 e. The molecule has 0 aromatic carbocycles. The minimum atomic E-state index is -0.958. The second kappa shape index (κ2) is 4.77. The monoisotopic (exact) mass is 209 g/mol. The van der Waals surface area contributed by atoms with Crippen LogP contribution >= 0.6 is 0 Å². The van der Waals surface area contributed by atoms with Gasteiger partial charge in [0.15, 0.2) is 0 Å². The Morgan fingerprint density at radius 3 is 2.67 bits per heavy atom. The topological polar surface area (TPSA) is 59.4 Å². The largest absolute Gasteiger partial charge is 0.478 e. The SMILES string of the molecule is CCc1cc(C(=O)O)cc(OC(C)C)n1. The number of carboxylic acids is 1. The van der Waals surface area contributed by atoms with E-state index in [9.17, 15) is 4.79 Å². The molecule has 1 heterocycles. The van der Waals surface area contributed by atoms with Crippen LogP contribution in [0.2, 0.25) is 0 Å². The van der Waals surface area contributed by atoms with Crippen molar-refractivity contribution in [1.82, 2.24) is 4.98 Å². The van der Waals surface area contributed by atoms with E-state index in [-0.39, 0.29) is 11.7 Å². The fraction of sp³-hybridized carbons (Fsp3) is 0.455. The summed E-state index contributed by atoms with van der Waals surface area (Å²) in [5.74, 6) is -0.581. The number of rotatable bonds is 4. The van der Waals surface area contributed by atoms with Crippen molar-refractivity contribution in [3.05, 3.63) is 23.4 Å². The Balaban J connectivity index is 3.05. The van der Waals surface area contributed by atoms with Gasteiger partial charge in [-0.25, -0.2) is 9.78 Å². The molecule has 0 bridgehead atoms. The van der Waals surface area contributed by atoms with Crippen LogP contribution in [0.5, 0.6) is 5.88 Å². The Morgan fingerprint density at radius 2 is 2.20 bits per heavy atom. The Hall–Kier alpha value is -1.58. The van der Waals surface area contributed by atoms with Gasteiger partial charge in [-0.1, -0.05) is 6.92 Å². The molecule has 1 N–H and O–H groups in total. The molecule has 0 fully saturated rings. The first-order chi connectivity index (χ1) is 7.02. The van der Waals surface area contributed by atoms with E-state index in [1.165, 1.54) is 6.07 Å². The van der Waals surface area contributed by atoms with Crippen LogP contribution in [0.4, 0.5) is 0 Å². The molecule has 0 saturated carbocycles. The van der Waals surface area contributed by atoms with Gasteiger partial charge in [0.05, 0.1) is 11.7 Å². The molecular formula is C11H15NO3. The Bertz CT molecular complexity index is 361. The zero-order valence-corrected chi connectivity index (χ0v) is 9.15. The number of pyridine rings is 1. The molecule has 1 aromatic heterocycles. The number of carboxylic acid groups (broad SMARTS) is 1. The summed E-state index contributed by atoms with van der Waals surface area (Å²) in [7, 11) is 0. The normalized spacial score (nSPS) is 10.4. The summed E-state index contributed by atoms with van der Waals surface area (Å²) in [6.45, 7) is 5.68. The Labute approximate surface area is 88.9 Å². The van der Waals surface area contributed by atoms with E-state index in [0.717, 1.165) is 5.69 Å². The number of aryl methyl sites for hydroxylation is 1. The van der Waals surface area contributed by atoms with Crippen LogP contribution in [0, 0.1) is 0 Å². The van der Waals surface area contributed by atoms with E-state index in [1.54, 1.807) is 6.07 Å². The van der Waals surface area contributed by atoms with E-state index in [1.807, 2.05) is 20.8 Å². The molecule has 0 atom stereocenters. The highest BCUT2D eigenvalue weighted by atomic mass is 16.5. The second-order valence-electron chi connectivity index (χ2n) is 3.51. The maximum absolute atomic E-state index is 10.8. The molecule has 0 saturated heterocycles. The molecular weight excluding hydrogens is 194 g/mol. The van der Waals surface area contributed by atoms with Crippen molar-refractivity contribution in [2.24, 2.45) is 0 Å². The fourth-order valence-electron chi connectivity index (χ4n) is 1.17. The van der Waals surface area contributed by atoms with E-state index < -0.39 is 5.97 Å². The Morgan fingerprint density at radius 1 is 1.53 bits per heavy atom. The van der Waals surface area contributed by atoms with Crippen molar-refractivity contribution in [3.8, 4) is 5.88 Å². The minimum absolute atomic E-state index is 0.00810. The quantitative estimate of drug-likeness (QED) is 0.825. The first-order valence-corrected chi connectivity index (χ1v) is 4.93. The second-order valence-corrected chi connectivity index (χ2v) is 3.51. The van der Waals surface area contributed by atoms with Gasteiger partial charge < -0.3 is 9.84 Å². The van der Waals surface area contributed by atoms with E-state index in [4.69, 9.17) is 9.84 Å². The number of aromatic carboxylic acids is 1. The van der Waals surface area contributed by atoms with Gasteiger partial charge in [-0.05, 0) is 26.3 Å². The Kier molecular flexibility index (Phi) is 3.66. The average molecular weight is 209 g/mol. The van der Waals surface area contributed by atoms with Crippen molar-refractivity contribution in [3.63, 3.8) is 0 Å². The highest BCUT2D eigenvalue weighted by Gasteiger charge is 2.09. The summed E-state index contributed by atoms with van der Waals surface area (Å²) in [5.41, 5.74) is 0.947. The predicted octanol–water partition coefficient (Wildman–Crippen LogP) is 2.13. The maximum atomic E-state index is 10.8. The van der Waals surface area contributed by atoms with Crippen molar-refractivity contribution >= 4 is 5.97 Å². The number of nitrogens with zero attached hydrogens (tertiary/aromatic N) is 1. The first kappa shape index (κ1) is 11.5. The molecule has 15 heavy (non-hydrogen) atoms. The highest BCUT2D eigenvalue weighted by molar-refractivity contribution is 5.88. The first-order valence-electron chi connectivity index (χ1n) is 4.93. The number of ether oxygens (including phenoxy) is 1. The molecule has 4 nitrogen and oxygen atoms in total. The molecule has 4 heteroatoms. The van der Waals surface area contributed by atoms with Gasteiger partial charge in [0.1, 0.15) is 0 Å². The fourth-order valence-corrected chi connectivity index (χ4v) is 1.17. The van der Waals surface area contributed by atoms with Gasteiger partial charge in [0.2, 0.25) is 5.88 Å². The number of carbonyl (C=O) groups is 1. The third-order valence-electron chi connectivity index (χ3n) is 1.82. The van der Waals surface area contributed by atoms with Crippen LogP contribution in [-0.2, 0) is 6.42 Å². The molecule has 0 radical (unpaired) electrons. The molecule has 0 amide bonds. The summed E-state index contributed by atoms with van der Waals surface area (Å²) in [6.07, 6.45) is 0.682. The molecule has 0 unspecified atom stereocenters. The molecule has 0 aliphatic carbocycles. The summed E-state index contributed by atoms with van der Waals surface area (Å²) < 4.78 is 5.37. The van der Waals surface area contributed by atoms with Gasteiger partial charge in [-0.3, -0.25) is 0 Å². The van der Waals surface area contributed by atoms with Crippen LogP contribution in [0.3, 0.4) is 0 Å². The lowest BCUT2D eigenvalue weighted by atomic mass is 10.2. The van der Waals surface area contributed by atoms with Gasteiger partial charge in [0, 0.05) is 11.8 Å². The van der Waals surface area contributed by atoms with Crippen LogP contribution in [-0.4, -0.2) is 22.2 Å². The highest BCUT2D eigenvalue weighted by Crippen LogP contribution is 2.14. The zero-order chi connectivity index (χ0) is 11.4. The third-order valence-corrected chi connectivity index (χ3v) is 1.82. The lowest BCUT2D eigenvalue weighted by Gasteiger charge is -2.10. The molecule has 0 spiro atoms. The lowest BCUT2D eigenvalue weighted by molar-refractivity contribution is 0.0695. The van der Waals surface area contributed by atoms with Crippen molar-refractivity contribution in [2.45, 2.75) is 33.3 Å². The smallest absolute Gasteiger partial charge is 0.335 e. The van der Waals surface area contributed by atoms with Crippen LogP contribution in [0.15, 0.2) is 12.1 Å². The van der Waals surface area contributed by atoms with E-state index in [0.29, 0.717) is 12.3 Å². The number of hydrogen-bond donors (Lipinski definition) is 1. The van der Waals surface area contributed by atoms with Crippen molar-refractivity contribution in [2.75, 3.05) is 0 Å². The zero-order valence-electron chi connectivity index (χ0n) is 9.15. The summed E-state index contributed by atoms with van der Waals surface area (Å²) >= 11 is 0. The van der Waals surface area contributed by atoms with Crippen LogP contribution < -0.4 is 4.74 Å². The van der Waals surface area contributed by atoms with Crippen LogP contribution in [0.25, 0.3) is 0 Å². The van der Waals surface area contributed by atoms with E-state index in [2.05, 4.69) is 4.98 Å². The molecule has 0 aliphatic heterocycles. The number of aromatic nitrogens is 1. The van der Waals surface area contributed by atoms with E-state index >= 15 is 0 Å². The van der Waals surface area contributed by atoms with Gasteiger partial charge in [0.25, 0.3) is 0 Å². The third kappa shape index (κ3) is 3.23. The lowest BCUT2D eigenvalue weighted by Crippen LogP contribution is -2.09. The predicted molar refractivity (Wildman–Crippen MR) is 56.3 cm³/mol. The van der Waals surface area contributed by atoms with Crippen LogP contribution in [0.1, 0.15) is 36.8 Å². The van der Waals surface area contributed by atoms with Crippen molar-refractivity contribution < 1.29 is 14.6 Å². The summed E-state index contributed by atoms with van der Waals surface area (Å²) in [5, 5.41) is 8.88. The number of hydrogen-bond acceptors (Lipinski definition) is 3. The molecule has 1 aromatic rings. The average Bonchev–Trinajstić information content (AvgIpc) is 2.16. The minimum Gasteiger partial charge on any atom is -0.478 e. The molecule has 82 valence electrons. The summed E-state index contributed by atoms with van der Waals surface area (Å²) in [4.78, 5) is 15.0. The van der Waals surface area contributed by atoms with Gasteiger partial charge in [-0.2, -0.15) is 0 Å². The summed E-state index contributed by atoms with van der Waals surface area (Å²) in [6, 6.07) is 3.01. The van der Waals surface area contributed by atoms with Gasteiger partial charge in [-0.15, -0.1) is 0 Å². The van der Waals surface area contributed by atoms with Crippen molar-refractivity contribution in [1.29, 1.82) is 0 Å². The molecule has 0 aliphatic rings. The standard InChI is InChI=1S/C11H15NO3/c1-4-9-5-8(11(13)14)6-10(12-9)15-7(2)3/h5-7H,4H2,1-3H3,(H,13,14). The molecule has 1 rings (SSSR count).